The fourth-order valence-electron chi connectivity index (χ4n) is 2.08. The lowest BCUT2D eigenvalue weighted by Crippen LogP contribution is -2.06. The normalized spacial score (nSPS) is 19.9. The van der Waals surface area contributed by atoms with Crippen molar-refractivity contribution >= 4 is 0 Å². The molecule has 1 saturated carbocycles. The summed E-state index contributed by atoms with van der Waals surface area (Å²) in [6.07, 6.45) is 1.60. The summed E-state index contributed by atoms with van der Waals surface area (Å²) < 4.78 is 16.0. The number of aliphatic hydroxyl groups is 1. The average Bonchev–Trinajstić information content (AvgIpc) is 2.84. The van der Waals surface area contributed by atoms with E-state index in [-0.39, 0.29) is 6.79 Å². The maximum atomic E-state index is 10.1. The van der Waals surface area contributed by atoms with Gasteiger partial charge < -0.3 is 19.3 Å². The molecule has 0 spiro atoms. The van der Waals surface area contributed by atoms with E-state index in [1.54, 1.807) is 7.11 Å². The molecule has 86 valence electrons. The van der Waals surface area contributed by atoms with Crippen LogP contribution in [0.1, 0.15) is 24.0 Å². The molecule has 0 saturated heterocycles. The maximum Gasteiger partial charge on any atom is 0.231 e. The van der Waals surface area contributed by atoms with Crippen molar-refractivity contribution in [2.24, 2.45) is 0 Å². The lowest BCUT2D eigenvalue weighted by Gasteiger charge is -2.13. The van der Waals surface area contributed by atoms with Crippen molar-refractivity contribution < 1.29 is 19.3 Å². The van der Waals surface area contributed by atoms with Crippen molar-refractivity contribution in [2.45, 2.75) is 25.0 Å². The molecule has 0 bridgehead atoms. The number of rotatable bonds is 3. The summed E-state index contributed by atoms with van der Waals surface area (Å²) in [6, 6.07) is 3.84. The summed E-state index contributed by atoms with van der Waals surface area (Å²) in [5, 5.41) is 10.1. The van der Waals surface area contributed by atoms with Gasteiger partial charge in [0.05, 0.1) is 12.2 Å². The predicted molar refractivity (Wildman–Crippen MR) is 56.4 cm³/mol. The summed E-state index contributed by atoms with van der Waals surface area (Å²) >= 11 is 0. The second-order valence-corrected chi connectivity index (χ2v) is 4.30. The quantitative estimate of drug-likeness (QED) is 0.842. The van der Waals surface area contributed by atoms with Crippen LogP contribution >= 0.6 is 0 Å². The van der Waals surface area contributed by atoms with Crippen LogP contribution in [0.15, 0.2) is 12.1 Å². The molecular formula is C12H14O4. The highest BCUT2D eigenvalue weighted by molar-refractivity contribution is 5.56. The lowest BCUT2D eigenvalue weighted by molar-refractivity contribution is 0.140. The van der Waals surface area contributed by atoms with E-state index in [1.165, 1.54) is 0 Å². The van der Waals surface area contributed by atoms with E-state index < -0.39 is 5.60 Å². The van der Waals surface area contributed by atoms with Gasteiger partial charge in [-0.2, -0.15) is 0 Å². The van der Waals surface area contributed by atoms with Gasteiger partial charge >= 0.3 is 0 Å². The van der Waals surface area contributed by atoms with Gasteiger partial charge in [-0.1, -0.05) is 12.1 Å². The van der Waals surface area contributed by atoms with E-state index >= 15 is 0 Å². The Balaban J connectivity index is 2.06. The van der Waals surface area contributed by atoms with Crippen LogP contribution < -0.4 is 9.47 Å². The van der Waals surface area contributed by atoms with Crippen LogP contribution in [0.2, 0.25) is 0 Å². The SMILES string of the molecule is COCc1ccc(C2(O)CC2)c2c1OCO2. The van der Waals surface area contributed by atoms with E-state index in [4.69, 9.17) is 14.2 Å². The molecule has 1 aliphatic carbocycles. The fraction of sp³-hybridized carbons (Fsp3) is 0.500. The van der Waals surface area contributed by atoms with E-state index in [0.29, 0.717) is 12.4 Å². The zero-order chi connectivity index (χ0) is 11.2. The van der Waals surface area contributed by atoms with Crippen molar-refractivity contribution in [1.29, 1.82) is 0 Å². The Bertz CT molecular complexity index is 423. The molecular weight excluding hydrogens is 208 g/mol. The minimum atomic E-state index is -0.691. The molecule has 3 rings (SSSR count). The van der Waals surface area contributed by atoms with Crippen molar-refractivity contribution in [2.75, 3.05) is 13.9 Å². The van der Waals surface area contributed by atoms with Crippen LogP contribution in [0.5, 0.6) is 11.5 Å². The maximum absolute atomic E-state index is 10.1. The first kappa shape index (κ1) is 9.93. The second kappa shape index (κ2) is 3.37. The van der Waals surface area contributed by atoms with Crippen LogP contribution in [0, 0.1) is 0 Å². The minimum absolute atomic E-state index is 0.221. The molecule has 0 unspecified atom stereocenters. The van der Waals surface area contributed by atoms with Crippen molar-refractivity contribution in [3.63, 3.8) is 0 Å². The predicted octanol–water partition coefficient (Wildman–Crippen LogP) is 1.54. The first-order valence-electron chi connectivity index (χ1n) is 5.38. The van der Waals surface area contributed by atoms with Gasteiger partial charge in [-0.05, 0) is 12.8 Å². The summed E-state index contributed by atoms with van der Waals surface area (Å²) in [5.74, 6) is 1.41. The van der Waals surface area contributed by atoms with Gasteiger partial charge in [0.1, 0.15) is 0 Å². The minimum Gasteiger partial charge on any atom is -0.453 e. The highest BCUT2D eigenvalue weighted by atomic mass is 16.7. The van der Waals surface area contributed by atoms with E-state index in [1.807, 2.05) is 12.1 Å². The van der Waals surface area contributed by atoms with E-state index in [9.17, 15) is 5.11 Å². The molecule has 0 amide bonds. The number of methoxy groups -OCH3 is 1. The Labute approximate surface area is 93.7 Å². The van der Waals surface area contributed by atoms with Crippen molar-refractivity contribution in [1.82, 2.24) is 0 Å². The van der Waals surface area contributed by atoms with Gasteiger partial charge in [-0.15, -0.1) is 0 Å². The van der Waals surface area contributed by atoms with Crippen LogP contribution in [-0.4, -0.2) is 19.0 Å². The van der Waals surface area contributed by atoms with Crippen molar-refractivity contribution in [3.8, 4) is 11.5 Å². The van der Waals surface area contributed by atoms with Gasteiger partial charge in [-0.25, -0.2) is 0 Å². The standard InChI is InChI=1S/C12H14O4/c1-14-6-8-2-3-9(12(13)4-5-12)11-10(8)15-7-16-11/h2-3,13H,4-7H2,1H3. The van der Waals surface area contributed by atoms with Gasteiger partial charge in [0, 0.05) is 18.2 Å². The summed E-state index contributed by atoms with van der Waals surface area (Å²) in [7, 11) is 1.64. The molecule has 0 atom stereocenters. The summed E-state index contributed by atoms with van der Waals surface area (Å²) in [5.41, 5.74) is 1.12. The average molecular weight is 222 g/mol. The first-order valence-corrected chi connectivity index (χ1v) is 5.38. The third-order valence-electron chi connectivity index (χ3n) is 3.13. The number of fused-ring (bicyclic) bond motifs is 1. The Morgan fingerprint density at radius 1 is 1.31 bits per heavy atom. The van der Waals surface area contributed by atoms with Crippen LogP contribution in [0.4, 0.5) is 0 Å². The molecule has 4 nitrogen and oxygen atoms in total. The van der Waals surface area contributed by atoms with Gasteiger partial charge in [0.25, 0.3) is 0 Å². The first-order chi connectivity index (χ1) is 7.74. The molecule has 2 aliphatic rings. The zero-order valence-electron chi connectivity index (χ0n) is 9.16. The topological polar surface area (TPSA) is 47.9 Å². The molecule has 1 N–H and O–H groups in total. The zero-order valence-corrected chi connectivity index (χ0v) is 9.16. The van der Waals surface area contributed by atoms with E-state index in [0.717, 1.165) is 29.7 Å². The number of benzene rings is 1. The molecule has 0 aromatic heterocycles. The largest absolute Gasteiger partial charge is 0.453 e. The smallest absolute Gasteiger partial charge is 0.231 e. The summed E-state index contributed by atoms with van der Waals surface area (Å²) in [6.45, 7) is 0.712. The third-order valence-corrected chi connectivity index (χ3v) is 3.13. The number of ether oxygens (including phenoxy) is 3. The van der Waals surface area contributed by atoms with Gasteiger partial charge in [0.15, 0.2) is 11.5 Å². The monoisotopic (exact) mass is 222 g/mol. The second-order valence-electron chi connectivity index (χ2n) is 4.30. The van der Waals surface area contributed by atoms with Crippen molar-refractivity contribution in [3.05, 3.63) is 23.3 Å². The Kier molecular flexibility index (Phi) is 2.09. The molecule has 1 heterocycles. The third kappa shape index (κ3) is 1.37. The Morgan fingerprint density at radius 3 is 2.75 bits per heavy atom. The molecule has 16 heavy (non-hydrogen) atoms. The highest BCUT2D eigenvalue weighted by Crippen LogP contribution is 2.53. The van der Waals surface area contributed by atoms with Gasteiger partial charge in [0.2, 0.25) is 6.79 Å². The molecule has 1 fully saturated rings. The Hall–Kier alpha value is -1.26. The summed E-state index contributed by atoms with van der Waals surface area (Å²) in [4.78, 5) is 0. The Morgan fingerprint density at radius 2 is 2.06 bits per heavy atom. The number of hydrogen-bond donors (Lipinski definition) is 1. The molecule has 4 heteroatoms. The lowest BCUT2D eigenvalue weighted by atomic mass is 10.0. The van der Waals surface area contributed by atoms with Gasteiger partial charge in [-0.3, -0.25) is 0 Å². The molecule has 0 radical (unpaired) electrons. The molecule has 1 aliphatic heterocycles. The van der Waals surface area contributed by atoms with Crippen LogP contribution in [-0.2, 0) is 16.9 Å². The van der Waals surface area contributed by atoms with E-state index in [2.05, 4.69) is 0 Å². The highest BCUT2D eigenvalue weighted by Gasteiger charge is 2.46. The van der Waals surface area contributed by atoms with Crippen LogP contribution in [0.25, 0.3) is 0 Å². The molecule has 1 aromatic rings. The van der Waals surface area contributed by atoms with Crippen LogP contribution in [0.3, 0.4) is 0 Å². The molecule has 1 aromatic carbocycles. The fourth-order valence-corrected chi connectivity index (χ4v) is 2.08. The number of hydrogen-bond acceptors (Lipinski definition) is 4.